The van der Waals surface area contributed by atoms with E-state index in [9.17, 15) is 4.39 Å². The minimum atomic E-state index is -0.0891. The van der Waals surface area contributed by atoms with Gasteiger partial charge in [-0.25, -0.2) is 4.39 Å². The number of benzene rings is 2. The minimum Gasteiger partial charge on any atom is -0.371 e. The lowest BCUT2D eigenvalue weighted by molar-refractivity contribution is 0.253. The molecule has 2 aliphatic heterocycles. The van der Waals surface area contributed by atoms with Crippen LogP contribution in [0, 0.1) is 5.82 Å². The summed E-state index contributed by atoms with van der Waals surface area (Å²) in [5.41, 5.74) is 4.82. The van der Waals surface area contributed by atoms with E-state index in [1.54, 1.807) is 6.07 Å². The second kappa shape index (κ2) is 8.19. The van der Waals surface area contributed by atoms with Gasteiger partial charge in [0.15, 0.2) is 0 Å². The second-order valence-corrected chi connectivity index (χ2v) is 7.40. The number of fused-ring (bicyclic) bond motifs is 1. The smallest absolute Gasteiger partial charge is 0.129 e. The molecule has 0 radical (unpaired) electrons. The van der Waals surface area contributed by atoms with E-state index in [2.05, 4.69) is 45.4 Å². The lowest BCUT2D eigenvalue weighted by atomic mass is 10.00. The fraction of sp³-hybridized carbons (Fsp3) is 0.455. The Labute approximate surface area is 155 Å². The normalized spacial score (nSPS) is 17.5. The van der Waals surface area contributed by atoms with Gasteiger partial charge in [0, 0.05) is 57.1 Å². The van der Waals surface area contributed by atoms with Crippen LogP contribution in [0.3, 0.4) is 0 Å². The Balaban J connectivity index is 1.30. The van der Waals surface area contributed by atoms with Crippen LogP contribution in [0.25, 0.3) is 0 Å². The summed E-state index contributed by atoms with van der Waals surface area (Å²) < 4.78 is 14.4. The second-order valence-electron chi connectivity index (χ2n) is 7.40. The van der Waals surface area contributed by atoms with Crippen LogP contribution in [0.2, 0.25) is 0 Å². The van der Waals surface area contributed by atoms with Crippen LogP contribution in [0.1, 0.15) is 29.5 Å². The first-order valence-corrected chi connectivity index (χ1v) is 9.83. The van der Waals surface area contributed by atoms with E-state index in [1.807, 2.05) is 6.07 Å². The van der Waals surface area contributed by atoms with Crippen molar-refractivity contribution in [1.82, 2.24) is 10.2 Å². The summed E-state index contributed by atoms with van der Waals surface area (Å²) in [6.45, 7) is 6.71. The Bertz CT molecular complexity index is 740. The molecule has 0 atom stereocenters. The van der Waals surface area contributed by atoms with Crippen molar-refractivity contribution in [1.29, 1.82) is 0 Å². The number of halogens is 1. The van der Waals surface area contributed by atoms with Crippen LogP contribution in [-0.2, 0) is 19.5 Å². The third-order valence-electron chi connectivity index (χ3n) is 5.66. The van der Waals surface area contributed by atoms with Gasteiger partial charge in [-0.15, -0.1) is 0 Å². The van der Waals surface area contributed by atoms with Gasteiger partial charge >= 0.3 is 0 Å². The molecule has 0 bridgehead atoms. The van der Waals surface area contributed by atoms with Crippen LogP contribution in [0.15, 0.2) is 42.5 Å². The number of rotatable bonds is 6. The van der Waals surface area contributed by atoms with Crippen LogP contribution < -0.4 is 10.2 Å². The van der Waals surface area contributed by atoms with Gasteiger partial charge in [-0.05, 0) is 42.5 Å². The molecule has 2 aliphatic rings. The average Bonchev–Trinajstić information content (AvgIpc) is 3.20. The molecule has 2 aromatic rings. The first kappa shape index (κ1) is 17.5. The lowest BCUT2D eigenvalue weighted by Gasteiger charge is -2.29. The highest BCUT2D eigenvalue weighted by Crippen LogP contribution is 2.26. The summed E-state index contributed by atoms with van der Waals surface area (Å²) in [6.07, 6.45) is 3.54. The van der Waals surface area contributed by atoms with Gasteiger partial charge in [0.05, 0.1) is 0 Å². The molecule has 3 nitrogen and oxygen atoms in total. The van der Waals surface area contributed by atoms with Crippen molar-refractivity contribution in [3.05, 3.63) is 65.0 Å². The van der Waals surface area contributed by atoms with Gasteiger partial charge in [-0.3, -0.25) is 4.90 Å². The summed E-state index contributed by atoms with van der Waals surface area (Å²) in [4.78, 5) is 4.81. The van der Waals surface area contributed by atoms with E-state index in [0.29, 0.717) is 6.54 Å². The molecular formula is C22H28FN3. The predicted octanol–water partition coefficient (Wildman–Crippen LogP) is 3.57. The zero-order valence-electron chi connectivity index (χ0n) is 15.4. The SMILES string of the molecule is Fc1cccc(N2CCCC2)c1CNCCN1CCc2ccccc2C1. The zero-order chi connectivity index (χ0) is 17.8. The van der Waals surface area contributed by atoms with E-state index in [4.69, 9.17) is 0 Å². The molecule has 4 rings (SSSR count). The van der Waals surface area contributed by atoms with E-state index in [0.717, 1.165) is 56.9 Å². The quantitative estimate of drug-likeness (QED) is 0.801. The Morgan fingerprint density at radius 3 is 2.58 bits per heavy atom. The largest absolute Gasteiger partial charge is 0.371 e. The molecule has 0 amide bonds. The van der Waals surface area contributed by atoms with E-state index in [-0.39, 0.29) is 5.82 Å². The van der Waals surface area contributed by atoms with Crippen molar-refractivity contribution < 1.29 is 4.39 Å². The number of hydrogen-bond acceptors (Lipinski definition) is 3. The molecule has 26 heavy (non-hydrogen) atoms. The number of nitrogens with zero attached hydrogens (tertiary/aromatic N) is 2. The molecule has 1 fully saturated rings. The highest BCUT2D eigenvalue weighted by Gasteiger charge is 2.18. The molecule has 0 saturated carbocycles. The van der Waals surface area contributed by atoms with Crippen molar-refractivity contribution in [2.24, 2.45) is 0 Å². The number of hydrogen-bond donors (Lipinski definition) is 1. The first-order chi connectivity index (χ1) is 12.8. The molecule has 1 N–H and O–H groups in total. The predicted molar refractivity (Wildman–Crippen MR) is 105 cm³/mol. The zero-order valence-corrected chi connectivity index (χ0v) is 15.4. The Hall–Kier alpha value is -1.91. The summed E-state index contributed by atoms with van der Waals surface area (Å²) in [5.74, 6) is -0.0891. The molecule has 0 aliphatic carbocycles. The molecule has 1 saturated heterocycles. The highest BCUT2D eigenvalue weighted by molar-refractivity contribution is 5.54. The average molecular weight is 353 g/mol. The standard InChI is InChI=1S/C22H28FN3/c23-21-8-5-9-22(26-12-3-4-13-26)20(21)16-24-11-15-25-14-10-18-6-1-2-7-19(18)17-25/h1-2,5-9,24H,3-4,10-17H2. The van der Waals surface area contributed by atoms with Crippen molar-refractivity contribution in [2.45, 2.75) is 32.4 Å². The van der Waals surface area contributed by atoms with Crippen LogP contribution >= 0.6 is 0 Å². The van der Waals surface area contributed by atoms with Crippen molar-refractivity contribution >= 4 is 5.69 Å². The van der Waals surface area contributed by atoms with Crippen molar-refractivity contribution in [3.8, 4) is 0 Å². The van der Waals surface area contributed by atoms with Gasteiger partial charge in [0.1, 0.15) is 5.82 Å². The van der Waals surface area contributed by atoms with Crippen LogP contribution in [0.4, 0.5) is 10.1 Å². The van der Waals surface area contributed by atoms with Gasteiger partial charge in [-0.1, -0.05) is 30.3 Å². The summed E-state index contributed by atoms with van der Waals surface area (Å²) in [6, 6.07) is 14.2. The highest BCUT2D eigenvalue weighted by atomic mass is 19.1. The fourth-order valence-corrected chi connectivity index (χ4v) is 4.17. The van der Waals surface area contributed by atoms with Gasteiger partial charge in [-0.2, -0.15) is 0 Å². The van der Waals surface area contributed by atoms with Crippen LogP contribution in [0.5, 0.6) is 0 Å². The molecule has 4 heteroatoms. The Morgan fingerprint density at radius 1 is 0.923 bits per heavy atom. The maximum atomic E-state index is 14.4. The maximum absolute atomic E-state index is 14.4. The van der Waals surface area contributed by atoms with E-state index < -0.39 is 0 Å². The van der Waals surface area contributed by atoms with Crippen LogP contribution in [-0.4, -0.2) is 37.6 Å². The third kappa shape index (κ3) is 3.92. The third-order valence-corrected chi connectivity index (χ3v) is 5.66. The van der Waals surface area contributed by atoms with Crippen molar-refractivity contribution in [2.75, 3.05) is 37.6 Å². The summed E-state index contributed by atoms with van der Waals surface area (Å²) in [5, 5.41) is 3.47. The van der Waals surface area contributed by atoms with Gasteiger partial charge < -0.3 is 10.2 Å². The molecule has 2 aromatic carbocycles. The monoisotopic (exact) mass is 353 g/mol. The number of nitrogens with one attached hydrogen (secondary N) is 1. The van der Waals surface area contributed by atoms with Gasteiger partial charge in [0.2, 0.25) is 0 Å². The first-order valence-electron chi connectivity index (χ1n) is 9.83. The Morgan fingerprint density at radius 2 is 1.73 bits per heavy atom. The minimum absolute atomic E-state index is 0.0891. The van der Waals surface area contributed by atoms with E-state index >= 15 is 0 Å². The molecule has 2 heterocycles. The molecule has 0 aromatic heterocycles. The molecule has 138 valence electrons. The molecular weight excluding hydrogens is 325 g/mol. The summed E-state index contributed by atoms with van der Waals surface area (Å²) in [7, 11) is 0. The lowest BCUT2D eigenvalue weighted by Crippen LogP contribution is -2.36. The number of anilines is 1. The summed E-state index contributed by atoms with van der Waals surface area (Å²) >= 11 is 0. The van der Waals surface area contributed by atoms with Crippen molar-refractivity contribution in [3.63, 3.8) is 0 Å². The fourth-order valence-electron chi connectivity index (χ4n) is 4.17. The maximum Gasteiger partial charge on any atom is 0.129 e. The molecule has 0 spiro atoms. The van der Waals surface area contributed by atoms with Gasteiger partial charge in [0.25, 0.3) is 0 Å². The van der Waals surface area contributed by atoms with E-state index in [1.165, 1.54) is 24.0 Å². The molecule has 0 unspecified atom stereocenters. The Kier molecular flexibility index (Phi) is 5.51. The topological polar surface area (TPSA) is 18.5 Å².